The monoisotopic (exact) mass is 489 g/mol. The second-order valence-electron chi connectivity index (χ2n) is 8.14. The van der Waals surface area contributed by atoms with Crippen molar-refractivity contribution in [3.05, 3.63) is 59.7 Å². The lowest BCUT2D eigenvalue weighted by molar-refractivity contribution is -0.140. The van der Waals surface area contributed by atoms with Crippen LogP contribution < -0.4 is 14.4 Å². The largest absolute Gasteiger partial charge is 0.492 e. The molecule has 2 aromatic carbocycles. The van der Waals surface area contributed by atoms with Gasteiger partial charge in [0.25, 0.3) is 0 Å². The van der Waals surface area contributed by atoms with Crippen LogP contribution in [0.4, 0.5) is 5.69 Å². The predicted molar refractivity (Wildman–Crippen MR) is 134 cm³/mol. The van der Waals surface area contributed by atoms with Crippen molar-refractivity contribution < 1.29 is 22.7 Å². The number of amides is 2. The predicted octanol–water partition coefficient (Wildman–Crippen LogP) is 3.10. The first-order valence-electron chi connectivity index (χ1n) is 11.3. The van der Waals surface area contributed by atoms with Crippen LogP contribution in [-0.2, 0) is 26.2 Å². The van der Waals surface area contributed by atoms with Gasteiger partial charge in [-0.05, 0) is 44.9 Å². The maximum absolute atomic E-state index is 13.2. The standard InChI is InChI=1S/C25H35N3O5S/c1-6-33-23-11-8-7-10-22(23)28(34(5,31)32)17-9-12-24(29)27(20(3)25(30)26-4)18-21-15-13-19(2)14-16-21/h7-8,10-11,13-16,20H,6,9,12,17-18H2,1-5H3,(H,26,30)/t20-/m1/s1. The van der Waals surface area contributed by atoms with Gasteiger partial charge in [0.05, 0.1) is 18.6 Å². The maximum Gasteiger partial charge on any atom is 0.242 e. The summed E-state index contributed by atoms with van der Waals surface area (Å²) < 4.78 is 31.9. The number of rotatable bonds is 12. The lowest BCUT2D eigenvalue weighted by atomic mass is 10.1. The van der Waals surface area contributed by atoms with Gasteiger partial charge in [0.15, 0.2) is 0 Å². The summed E-state index contributed by atoms with van der Waals surface area (Å²) in [6, 6.07) is 14.1. The van der Waals surface area contributed by atoms with Crippen LogP contribution in [0.1, 0.15) is 37.8 Å². The highest BCUT2D eigenvalue weighted by Crippen LogP contribution is 2.30. The number of likely N-dealkylation sites (N-methyl/N-ethyl adjacent to an activating group) is 1. The molecule has 0 aliphatic carbocycles. The maximum atomic E-state index is 13.2. The number of benzene rings is 2. The molecule has 0 fully saturated rings. The second kappa shape index (κ2) is 12.4. The quantitative estimate of drug-likeness (QED) is 0.494. The zero-order valence-electron chi connectivity index (χ0n) is 20.6. The number of hydrogen-bond acceptors (Lipinski definition) is 5. The Morgan fingerprint density at radius 1 is 1.09 bits per heavy atom. The number of nitrogens with zero attached hydrogens (tertiary/aromatic N) is 2. The van der Waals surface area contributed by atoms with Gasteiger partial charge in [-0.2, -0.15) is 0 Å². The van der Waals surface area contributed by atoms with E-state index in [1.165, 1.54) is 16.3 Å². The van der Waals surface area contributed by atoms with E-state index in [2.05, 4.69) is 5.32 Å². The Balaban J connectivity index is 2.17. The molecule has 2 amide bonds. The number of nitrogens with one attached hydrogen (secondary N) is 1. The number of carbonyl (C=O) groups is 2. The van der Waals surface area contributed by atoms with E-state index in [9.17, 15) is 18.0 Å². The van der Waals surface area contributed by atoms with Crippen molar-refractivity contribution >= 4 is 27.5 Å². The van der Waals surface area contributed by atoms with E-state index in [1.54, 1.807) is 31.2 Å². The van der Waals surface area contributed by atoms with Gasteiger partial charge in [0.1, 0.15) is 11.8 Å². The highest BCUT2D eigenvalue weighted by molar-refractivity contribution is 7.92. The molecule has 2 rings (SSSR count). The summed E-state index contributed by atoms with van der Waals surface area (Å²) in [4.78, 5) is 27.0. The van der Waals surface area contributed by atoms with Gasteiger partial charge in [-0.1, -0.05) is 42.0 Å². The lowest BCUT2D eigenvalue weighted by Crippen LogP contribution is -2.46. The van der Waals surface area contributed by atoms with Crippen LogP contribution in [-0.4, -0.2) is 57.6 Å². The van der Waals surface area contributed by atoms with Crippen LogP contribution in [0.3, 0.4) is 0 Å². The number of ether oxygens (including phenoxy) is 1. The summed E-state index contributed by atoms with van der Waals surface area (Å²) in [5.41, 5.74) is 2.46. The zero-order valence-corrected chi connectivity index (χ0v) is 21.4. The summed E-state index contributed by atoms with van der Waals surface area (Å²) in [6.45, 7) is 6.30. The lowest BCUT2D eigenvalue weighted by Gasteiger charge is -2.29. The molecule has 0 saturated carbocycles. The number of hydrogen-bond donors (Lipinski definition) is 1. The molecule has 0 spiro atoms. The molecular weight excluding hydrogens is 454 g/mol. The van der Waals surface area contributed by atoms with Crippen LogP contribution >= 0.6 is 0 Å². The number of anilines is 1. The van der Waals surface area contributed by atoms with Crippen molar-refractivity contribution in [2.24, 2.45) is 0 Å². The molecule has 0 saturated heterocycles. The summed E-state index contributed by atoms with van der Waals surface area (Å²) in [5, 5.41) is 2.59. The van der Waals surface area contributed by atoms with Gasteiger partial charge in [-0.3, -0.25) is 13.9 Å². The fourth-order valence-electron chi connectivity index (χ4n) is 3.60. The Morgan fingerprint density at radius 3 is 2.32 bits per heavy atom. The molecule has 1 atom stereocenters. The van der Waals surface area contributed by atoms with E-state index >= 15 is 0 Å². The first-order chi connectivity index (χ1) is 16.1. The Hall–Kier alpha value is -3.07. The number of aryl methyl sites for hydroxylation is 1. The Morgan fingerprint density at radius 2 is 1.74 bits per heavy atom. The molecule has 0 aliphatic rings. The van der Waals surface area contributed by atoms with Crippen molar-refractivity contribution in [2.75, 3.05) is 30.8 Å². The Labute approximate surface area is 202 Å². The first kappa shape index (κ1) is 27.2. The number of sulfonamides is 1. The number of para-hydroxylation sites is 2. The van der Waals surface area contributed by atoms with Gasteiger partial charge < -0.3 is 15.0 Å². The Bertz CT molecular complexity index is 1070. The molecule has 0 heterocycles. The van der Waals surface area contributed by atoms with E-state index in [-0.39, 0.29) is 37.7 Å². The fourth-order valence-corrected chi connectivity index (χ4v) is 4.57. The minimum atomic E-state index is -3.60. The van der Waals surface area contributed by atoms with Crippen molar-refractivity contribution in [1.82, 2.24) is 10.2 Å². The van der Waals surface area contributed by atoms with Crippen molar-refractivity contribution in [3.63, 3.8) is 0 Å². The van der Waals surface area contributed by atoms with Gasteiger partial charge in [0.2, 0.25) is 21.8 Å². The molecule has 0 radical (unpaired) electrons. The summed E-state index contributed by atoms with van der Waals surface area (Å²) in [5.74, 6) is -0.0110. The molecule has 0 aromatic heterocycles. The van der Waals surface area contributed by atoms with Crippen LogP contribution in [0.5, 0.6) is 5.75 Å². The van der Waals surface area contributed by atoms with Gasteiger partial charge in [0, 0.05) is 26.6 Å². The molecule has 9 heteroatoms. The first-order valence-corrected chi connectivity index (χ1v) is 13.2. The van der Waals surface area contributed by atoms with E-state index < -0.39 is 16.1 Å². The van der Waals surface area contributed by atoms with E-state index in [1.807, 2.05) is 38.1 Å². The van der Waals surface area contributed by atoms with Crippen molar-refractivity contribution in [1.29, 1.82) is 0 Å². The van der Waals surface area contributed by atoms with Crippen LogP contribution in [0, 0.1) is 6.92 Å². The van der Waals surface area contributed by atoms with Gasteiger partial charge >= 0.3 is 0 Å². The summed E-state index contributed by atoms with van der Waals surface area (Å²) in [6.07, 6.45) is 1.52. The number of carbonyl (C=O) groups excluding carboxylic acids is 2. The fraction of sp³-hybridized carbons (Fsp3) is 0.440. The average Bonchev–Trinajstić information content (AvgIpc) is 2.80. The zero-order chi connectivity index (χ0) is 25.3. The summed E-state index contributed by atoms with van der Waals surface area (Å²) >= 11 is 0. The van der Waals surface area contributed by atoms with Crippen LogP contribution in [0.2, 0.25) is 0 Å². The molecule has 186 valence electrons. The van der Waals surface area contributed by atoms with Crippen LogP contribution in [0.25, 0.3) is 0 Å². The average molecular weight is 490 g/mol. The molecule has 2 aromatic rings. The smallest absolute Gasteiger partial charge is 0.242 e. The molecule has 8 nitrogen and oxygen atoms in total. The Kier molecular flexibility index (Phi) is 9.92. The van der Waals surface area contributed by atoms with Gasteiger partial charge in [-0.25, -0.2) is 8.42 Å². The minimum Gasteiger partial charge on any atom is -0.492 e. The van der Waals surface area contributed by atoms with E-state index in [0.29, 0.717) is 18.0 Å². The molecule has 0 bridgehead atoms. The second-order valence-corrected chi connectivity index (χ2v) is 10.0. The SMILES string of the molecule is CCOc1ccccc1N(CCCC(=O)N(Cc1ccc(C)cc1)[C@H](C)C(=O)NC)S(C)(=O)=O. The van der Waals surface area contributed by atoms with Crippen LogP contribution in [0.15, 0.2) is 48.5 Å². The minimum absolute atomic E-state index is 0.0933. The third-order valence-electron chi connectivity index (χ3n) is 5.47. The normalized spacial score (nSPS) is 12.0. The highest BCUT2D eigenvalue weighted by Gasteiger charge is 2.26. The molecule has 1 N–H and O–H groups in total. The molecular formula is C25H35N3O5S. The van der Waals surface area contributed by atoms with E-state index in [0.717, 1.165) is 17.4 Å². The van der Waals surface area contributed by atoms with Crippen molar-refractivity contribution in [2.45, 2.75) is 46.2 Å². The third-order valence-corrected chi connectivity index (χ3v) is 6.65. The van der Waals surface area contributed by atoms with E-state index in [4.69, 9.17) is 4.74 Å². The summed E-state index contributed by atoms with van der Waals surface area (Å²) in [7, 11) is -2.06. The highest BCUT2D eigenvalue weighted by atomic mass is 32.2. The topological polar surface area (TPSA) is 96.0 Å². The van der Waals surface area contributed by atoms with Gasteiger partial charge in [-0.15, -0.1) is 0 Å². The molecule has 0 aliphatic heterocycles. The third kappa shape index (κ3) is 7.48. The molecule has 34 heavy (non-hydrogen) atoms. The molecule has 0 unspecified atom stereocenters. The van der Waals surface area contributed by atoms with Crippen molar-refractivity contribution in [3.8, 4) is 5.75 Å².